The van der Waals surface area contributed by atoms with Crippen molar-refractivity contribution in [1.82, 2.24) is 0 Å². The Morgan fingerprint density at radius 3 is 2.83 bits per heavy atom. The van der Waals surface area contributed by atoms with Crippen LogP contribution in [0.15, 0.2) is 30.3 Å². The molecule has 0 aliphatic heterocycles. The fraction of sp³-hybridized carbons (Fsp3) is 0.143. The molecule has 0 aliphatic carbocycles. The predicted octanol–water partition coefficient (Wildman–Crippen LogP) is 2.59. The standard InChI is InChI=1S/C14H11NO3/c1-2-18-14(17)13-6-9(8-15)5-10-7-11(16)3-4-12(10)13/h3-7,16H,2H2,1H3. The monoisotopic (exact) mass is 241 g/mol. The first-order chi connectivity index (χ1) is 8.65. The number of phenols is 1. The number of benzene rings is 2. The lowest BCUT2D eigenvalue weighted by Crippen LogP contribution is -2.05. The molecule has 1 N–H and O–H groups in total. The van der Waals surface area contributed by atoms with Crippen LogP contribution in [0.1, 0.15) is 22.8 Å². The summed E-state index contributed by atoms with van der Waals surface area (Å²) in [6.45, 7) is 2.00. The van der Waals surface area contributed by atoms with Gasteiger partial charge in [-0.05, 0) is 48.0 Å². The van der Waals surface area contributed by atoms with E-state index in [1.54, 1.807) is 19.1 Å². The quantitative estimate of drug-likeness (QED) is 0.820. The average Bonchev–Trinajstić information content (AvgIpc) is 2.37. The smallest absolute Gasteiger partial charge is 0.338 e. The van der Waals surface area contributed by atoms with Gasteiger partial charge in [-0.25, -0.2) is 4.79 Å². The predicted molar refractivity (Wildman–Crippen MR) is 66.3 cm³/mol. The van der Waals surface area contributed by atoms with Gasteiger partial charge in [-0.1, -0.05) is 0 Å². The van der Waals surface area contributed by atoms with Gasteiger partial charge in [0, 0.05) is 0 Å². The summed E-state index contributed by atoms with van der Waals surface area (Å²) in [5.74, 6) is -0.377. The van der Waals surface area contributed by atoms with E-state index in [1.807, 2.05) is 6.07 Å². The van der Waals surface area contributed by atoms with Gasteiger partial charge in [0.15, 0.2) is 0 Å². The second-order valence-corrected chi connectivity index (χ2v) is 3.76. The van der Waals surface area contributed by atoms with Gasteiger partial charge in [0.2, 0.25) is 0 Å². The molecule has 18 heavy (non-hydrogen) atoms. The van der Waals surface area contributed by atoms with E-state index in [1.165, 1.54) is 18.2 Å². The van der Waals surface area contributed by atoms with Gasteiger partial charge >= 0.3 is 5.97 Å². The highest BCUT2D eigenvalue weighted by Gasteiger charge is 2.13. The number of hydrogen-bond acceptors (Lipinski definition) is 4. The minimum atomic E-state index is -0.467. The van der Waals surface area contributed by atoms with Crippen molar-refractivity contribution in [3.8, 4) is 11.8 Å². The normalized spacial score (nSPS) is 10.0. The van der Waals surface area contributed by atoms with Crippen molar-refractivity contribution < 1.29 is 14.6 Å². The first-order valence-electron chi connectivity index (χ1n) is 5.49. The summed E-state index contributed by atoms with van der Waals surface area (Å²) >= 11 is 0. The van der Waals surface area contributed by atoms with E-state index in [4.69, 9.17) is 10.00 Å². The van der Waals surface area contributed by atoms with Gasteiger partial charge in [-0.2, -0.15) is 5.26 Å². The Labute approximate surface area is 104 Å². The van der Waals surface area contributed by atoms with Crippen LogP contribution >= 0.6 is 0 Å². The Balaban J connectivity index is 2.70. The van der Waals surface area contributed by atoms with Crippen LogP contribution in [0.3, 0.4) is 0 Å². The van der Waals surface area contributed by atoms with E-state index >= 15 is 0 Å². The van der Waals surface area contributed by atoms with Crippen molar-refractivity contribution in [2.75, 3.05) is 6.61 Å². The molecule has 0 radical (unpaired) electrons. The molecule has 0 aliphatic rings. The van der Waals surface area contributed by atoms with Gasteiger partial charge in [0.25, 0.3) is 0 Å². The Kier molecular flexibility index (Phi) is 3.16. The number of carbonyl (C=O) groups is 1. The number of hydrogen-bond donors (Lipinski definition) is 1. The molecule has 4 heteroatoms. The minimum Gasteiger partial charge on any atom is -0.508 e. The molecule has 2 aromatic carbocycles. The van der Waals surface area contributed by atoms with E-state index in [2.05, 4.69) is 0 Å². The Morgan fingerprint density at radius 2 is 2.17 bits per heavy atom. The molecule has 0 saturated heterocycles. The lowest BCUT2D eigenvalue weighted by atomic mass is 10.0. The lowest BCUT2D eigenvalue weighted by Gasteiger charge is -2.07. The molecule has 0 spiro atoms. The molecule has 0 amide bonds. The highest BCUT2D eigenvalue weighted by molar-refractivity contribution is 6.05. The molecular weight excluding hydrogens is 230 g/mol. The van der Waals surface area contributed by atoms with Crippen molar-refractivity contribution in [3.05, 3.63) is 41.5 Å². The van der Waals surface area contributed by atoms with Crippen molar-refractivity contribution >= 4 is 16.7 Å². The highest BCUT2D eigenvalue weighted by Crippen LogP contribution is 2.25. The molecule has 2 rings (SSSR count). The maximum absolute atomic E-state index is 11.8. The highest BCUT2D eigenvalue weighted by atomic mass is 16.5. The molecular formula is C14H11NO3. The summed E-state index contributed by atoms with van der Waals surface area (Å²) in [6, 6.07) is 9.75. The maximum Gasteiger partial charge on any atom is 0.338 e. The van der Waals surface area contributed by atoms with Crippen molar-refractivity contribution in [1.29, 1.82) is 5.26 Å². The Morgan fingerprint density at radius 1 is 1.39 bits per heavy atom. The van der Waals surface area contributed by atoms with Crippen LogP contribution in [0.4, 0.5) is 0 Å². The fourth-order valence-electron chi connectivity index (χ4n) is 1.80. The first-order valence-corrected chi connectivity index (χ1v) is 5.49. The molecule has 0 fully saturated rings. The number of nitriles is 1. The van der Waals surface area contributed by atoms with E-state index in [0.717, 1.165) is 0 Å². The number of rotatable bonds is 2. The molecule has 90 valence electrons. The zero-order valence-corrected chi connectivity index (χ0v) is 9.80. The van der Waals surface area contributed by atoms with E-state index < -0.39 is 5.97 Å². The van der Waals surface area contributed by atoms with Crippen LogP contribution in [0.5, 0.6) is 5.75 Å². The lowest BCUT2D eigenvalue weighted by molar-refractivity contribution is 0.0528. The number of ether oxygens (including phenoxy) is 1. The summed E-state index contributed by atoms with van der Waals surface area (Å²) in [6.07, 6.45) is 0. The second kappa shape index (κ2) is 4.76. The summed E-state index contributed by atoms with van der Waals surface area (Å²) in [5, 5.41) is 19.7. The first kappa shape index (κ1) is 11.9. The number of phenolic OH excluding ortho intramolecular Hbond substituents is 1. The summed E-state index contributed by atoms with van der Waals surface area (Å²) in [7, 11) is 0. The molecule has 4 nitrogen and oxygen atoms in total. The Hall–Kier alpha value is -2.54. The molecule has 2 aromatic rings. The third-order valence-electron chi connectivity index (χ3n) is 2.56. The summed E-state index contributed by atoms with van der Waals surface area (Å²) in [4.78, 5) is 11.8. The third-order valence-corrected chi connectivity index (χ3v) is 2.56. The molecule has 0 heterocycles. The zero-order valence-electron chi connectivity index (χ0n) is 9.80. The number of nitrogens with zero attached hydrogens (tertiary/aromatic N) is 1. The van der Waals surface area contributed by atoms with Crippen LogP contribution < -0.4 is 0 Å². The fourth-order valence-corrected chi connectivity index (χ4v) is 1.80. The van der Waals surface area contributed by atoms with Crippen molar-refractivity contribution in [3.63, 3.8) is 0 Å². The number of carbonyl (C=O) groups excluding carboxylic acids is 1. The third kappa shape index (κ3) is 2.11. The second-order valence-electron chi connectivity index (χ2n) is 3.76. The van der Waals surface area contributed by atoms with Crippen LogP contribution in [0, 0.1) is 11.3 Å². The number of fused-ring (bicyclic) bond motifs is 1. The SMILES string of the molecule is CCOC(=O)c1cc(C#N)cc2cc(O)ccc12. The van der Waals surface area contributed by atoms with Crippen LogP contribution in [-0.4, -0.2) is 17.7 Å². The number of esters is 1. The Bertz CT molecular complexity index is 656. The van der Waals surface area contributed by atoms with E-state index in [-0.39, 0.29) is 12.4 Å². The topological polar surface area (TPSA) is 70.3 Å². The van der Waals surface area contributed by atoms with Gasteiger partial charge in [0.1, 0.15) is 5.75 Å². The molecule has 0 unspecified atom stereocenters. The zero-order chi connectivity index (χ0) is 13.1. The molecule has 0 bridgehead atoms. The summed E-state index contributed by atoms with van der Waals surface area (Å²) < 4.78 is 4.95. The maximum atomic E-state index is 11.8. The summed E-state index contributed by atoms with van der Waals surface area (Å²) in [5.41, 5.74) is 0.696. The van der Waals surface area contributed by atoms with E-state index in [0.29, 0.717) is 21.9 Å². The van der Waals surface area contributed by atoms with Crippen LogP contribution in [0.25, 0.3) is 10.8 Å². The van der Waals surface area contributed by atoms with Gasteiger partial charge in [-0.15, -0.1) is 0 Å². The van der Waals surface area contributed by atoms with E-state index in [9.17, 15) is 9.90 Å². The van der Waals surface area contributed by atoms with Gasteiger partial charge in [-0.3, -0.25) is 0 Å². The molecule has 0 aromatic heterocycles. The molecule has 0 saturated carbocycles. The largest absolute Gasteiger partial charge is 0.508 e. The van der Waals surface area contributed by atoms with Crippen molar-refractivity contribution in [2.24, 2.45) is 0 Å². The van der Waals surface area contributed by atoms with Crippen molar-refractivity contribution in [2.45, 2.75) is 6.92 Å². The van der Waals surface area contributed by atoms with Crippen LogP contribution in [0.2, 0.25) is 0 Å². The van der Waals surface area contributed by atoms with Gasteiger partial charge in [0.05, 0.1) is 23.8 Å². The van der Waals surface area contributed by atoms with Crippen LogP contribution in [-0.2, 0) is 4.74 Å². The van der Waals surface area contributed by atoms with Gasteiger partial charge < -0.3 is 9.84 Å². The minimum absolute atomic E-state index is 0.0902. The molecule has 0 atom stereocenters. The number of aromatic hydroxyl groups is 1. The average molecular weight is 241 g/mol.